The van der Waals surface area contributed by atoms with E-state index in [1.807, 2.05) is 0 Å². The smallest absolute Gasteiger partial charge is 0.466 e. The lowest BCUT2D eigenvalue weighted by atomic mass is 9.87. The number of hydrogen-bond acceptors (Lipinski definition) is 7. The van der Waals surface area contributed by atoms with Crippen LogP contribution in [-0.4, -0.2) is 47.7 Å². The number of carbonyl (C=O) groups is 2. The topological polar surface area (TPSA) is 92.1 Å². The molecule has 5 rings (SSSR count). The fourth-order valence-corrected chi connectivity index (χ4v) is 5.38. The fraction of sp³-hybridized carbons (Fsp3) is 0.414. The van der Waals surface area contributed by atoms with Gasteiger partial charge in [0.25, 0.3) is 5.91 Å². The fourth-order valence-electron chi connectivity index (χ4n) is 5.10. The summed E-state index contributed by atoms with van der Waals surface area (Å²) in [6.07, 6.45) is -6.95. The van der Waals surface area contributed by atoms with Crippen LogP contribution in [0.1, 0.15) is 54.4 Å². The average molecular weight is 644 g/mol. The van der Waals surface area contributed by atoms with Gasteiger partial charge < -0.3 is 23.8 Å². The molecule has 0 bridgehead atoms. The second-order valence-corrected chi connectivity index (χ2v) is 10.6. The summed E-state index contributed by atoms with van der Waals surface area (Å²) in [7, 11) is 1.40. The van der Waals surface area contributed by atoms with E-state index in [9.17, 15) is 31.5 Å². The molecule has 3 aromatic rings. The van der Waals surface area contributed by atoms with E-state index in [4.69, 9.17) is 21.1 Å². The van der Waals surface area contributed by atoms with Crippen molar-refractivity contribution >= 4 is 29.2 Å². The van der Waals surface area contributed by atoms with Gasteiger partial charge in [0.2, 0.25) is 0 Å². The number of carbonyl (C=O) groups excluding carboxylic acids is 2. The predicted octanol–water partition coefficient (Wildman–Crippen LogP) is 6.78. The minimum absolute atomic E-state index is 0.0670. The monoisotopic (exact) mass is 643 g/mol. The molecule has 1 saturated carbocycles. The highest BCUT2D eigenvalue weighted by molar-refractivity contribution is 6.32. The molecule has 0 N–H and O–H groups in total. The highest BCUT2D eigenvalue weighted by Gasteiger charge is 2.44. The first-order chi connectivity index (χ1) is 20.8. The first-order valence-corrected chi connectivity index (χ1v) is 14.1. The molecule has 1 aromatic heterocycles. The predicted molar refractivity (Wildman–Crippen MR) is 146 cm³/mol. The third-order valence-electron chi connectivity index (χ3n) is 7.35. The lowest BCUT2D eigenvalue weighted by Gasteiger charge is -2.27. The molecule has 1 fully saturated rings. The molecule has 0 spiro atoms. The molecular formula is C29H27ClF5N3O6. The number of fused-ring (bicyclic) bond motifs is 1. The zero-order chi connectivity index (χ0) is 31.8. The first-order valence-electron chi connectivity index (χ1n) is 13.7. The van der Waals surface area contributed by atoms with Gasteiger partial charge in [0.1, 0.15) is 0 Å². The molecule has 0 unspecified atom stereocenters. The number of nitrogens with zero attached hydrogens (tertiary/aromatic N) is 3. The summed E-state index contributed by atoms with van der Waals surface area (Å²) < 4.78 is 89.1. The average Bonchev–Trinajstić information content (AvgIpc) is 3.49. The second kappa shape index (κ2) is 12.2. The standard InChI is InChI=1S/C29H27ClF5N3O6/c1-3-41-27(40)16-7-10-20(11-8-16)42-15-21-24(30)25(28(31,32)33)36-38(21)19-6-4-5-17(13-19)26(39)37(2)18-9-12-22-23(14-18)44-29(34,35)43-22/h4-6,9,12-14,16,20H,3,7-8,10-11,15H2,1-2H3/t16-,20-. The molecule has 0 saturated heterocycles. The maximum absolute atomic E-state index is 13.8. The zero-order valence-electron chi connectivity index (χ0n) is 23.5. The summed E-state index contributed by atoms with van der Waals surface area (Å²) in [4.78, 5) is 26.5. The maximum Gasteiger partial charge on any atom is 0.586 e. The summed E-state index contributed by atoms with van der Waals surface area (Å²) in [5.74, 6) is -1.58. The van der Waals surface area contributed by atoms with Crippen LogP contribution in [0.3, 0.4) is 0 Å². The molecule has 1 aliphatic carbocycles. The highest BCUT2D eigenvalue weighted by atomic mass is 35.5. The van der Waals surface area contributed by atoms with Gasteiger partial charge >= 0.3 is 18.4 Å². The van der Waals surface area contributed by atoms with Gasteiger partial charge in [-0.3, -0.25) is 9.59 Å². The van der Waals surface area contributed by atoms with E-state index in [1.165, 1.54) is 49.5 Å². The Labute approximate surface area is 253 Å². The SMILES string of the molecule is CCOC(=O)[C@H]1CC[C@H](OCc2c(Cl)c(C(F)(F)F)nn2-c2cccc(C(=O)N(C)c3ccc4c(c3)OC(F)(F)O4)c2)CC1. The quantitative estimate of drug-likeness (QED) is 0.197. The second-order valence-electron chi connectivity index (χ2n) is 10.3. The van der Waals surface area contributed by atoms with Gasteiger partial charge in [-0.2, -0.15) is 18.3 Å². The molecule has 2 heterocycles. The normalized spacial score (nSPS) is 19.1. The molecule has 236 valence electrons. The molecule has 2 aromatic carbocycles. The Morgan fingerprint density at radius 1 is 1.09 bits per heavy atom. The van der Waals surface area contributed by atoms with E-state index < -0.39 is 29.1 Å². The molecular weight excluding hydrogens is 617 g/mol. The van der Waals surface area contributed by atoms with Gasteiger partial charge in [0, 0.05) is 24.4 Å². The van der Waals surface area contributed by atoms with Crippen molar-refractivity contribution in [2.24, 2.45) is 5.92 Å². The Morgan fingerprint density at radius 3 is 2.48 bits per heavy atom. The van der Waals surface area contributed by atoms with E-state index in [1.54, 1.807) is 6.92 Å². The molecule has 1 aliphatic heterocycles. The lowest BCUT2D eigenvalue weighted by molar-refractivity contribution is -0.286. The molecule has 0 radical (unpaired) electrons. The Hall–Kier alpha value is -3.91. The van der Waals surface area contributed by atoms with Gasteiger partial charge in [-0.05, 0) is 62.9 Å². The van der Waals surface area contributed by atoms with Gasteiger partial charge in [-0.25, -0.2) is 4.68 Å². The lowest BCUT2D eigenvalue weighted by Crippen LogP contribution is -2.27. The third-order valence-corrected chi connectivity index (χ3v) is 7.75. The maximum atomic E-state index is 13.8. The minimum atomic E-state index is -4.86. The minimum Gasteiger partial charge on any atom is -0.466 e. The van der Waals surface area contributed by atoms with Gasteiger partial charge in [0.05, 0.1) is 41.6 Å². The van der Waals surface area contributed by atoms with E-state index in [-0.39, 0.29) is 65.3 Å². The molecule has 15 heteroatoms. The van der Waals surface area contributed by atoms with Crippen molar-refractivity contribution in [3.63, 3.8) is 0 Å². The van der Waals surface area contributed by atoms with Crippen LogP contribution in [0.15, 0.2) is 42.5 Å². The Balaban J connectivity index is 1.36. The van der Waals surface area contributed by atoms with Crippen molar-refractivity contribution in [2.45, 2.75) is 57.8 Å². The number of benzene rings is 2. The number of aromatic nitrogens is 2. The Morgan fingerprint density at radius 2 is 1.80 bits per heavy atom. The van der Waals surface area contributed by atoms with Crippen LogP contribution in [0, 0.1) is 5.92 Å². The zero-order valence-corrected chi connectivity index (χ0v) is 24.3. The third kappa shape index (κ3) is 6.60. The van der Waals surface area contributed by atoms with Gasteiger partial charge in [-0.1, -0.05) is 17.7 Å². The van der Waals surface area contributed by atoms with Crippen LogP contribution in [-0.2, 0) is 27.1 Å². The largest absolute Gasteiger partial charge is 0.586 e. The molecule has 2 aliphatic rings. The van der Waals surface area contributed by atoms with E-state index in [0.29, 0.717) is 25.7 Å². The number of esters is 1. The van der Waals surface area contributed by atoms with Crippen LogP contribution in [0.4, 0.5) is 27.6 Å². The van der Waals surface area contributed by atoms with Crippen molar-refractivity contribution in [2.75, 3.05) is 18.6 Å². The highest BCUT2D eigenvalue weighted by Crippen LogP contribution is 2.43. The van der Waals surface area contributed by atoms with Crippen LogP contribution in [0.25, 0.3) is 5.69 Å². The Bertz CT molecular complexity index is 1550. The molecule has 1 amide bonds. The van der Waals surface area contributed by atoms with Crippen LogP contribution < -0.4 is 14.4 Å². The summed E-state index contributed by atoms with van der Waals surface area (Å²) in [6, 6.07) is 9.50. The van der Waals surface area contributed by atoms with Crippen molar-refractivity contribution in [1.82, 2.24) is 9.78 Å². The van der Waals surface area contributed by atoms with Gasteiger partial charge in [-0.15, -0.1) is 8.78 Å². The number of amides is 1. The Kier molecular flexibility index (Phi) is 8.76. The molecule has 0 atom stereocenters. The van der Waals surface area contributed by atoms with E-state index >= 15 is 0 Å². The number of hydrogen-bond donors (Lipinski definition) is 0. The number of rotatable bonds is 8. The number of alkyl halides is 5. The first kappa shape index (κ1) is 31.5. The van der Waals surface area contributed by atoms with Crippen LogP contribution in [0.5, 0.6) is 11.5 Å². The summed E-state index contributed by atoms with van der Waals surface area (Å²) >= 11 is 6.19. The van der Waals surface area contributed by atoms with Crippen LogP contribution in [0.2, 0.25) is 5.02 Å². The van der Waals surface area contributed by atoms with Crippen molar-refractivity contribution in [1.29, 1.82) is 0 Å². The number of anilines is 1. The van der Waals surface area contributed by atoms with Crippen molar-refractivity contribution < 1.29 is 50.5 Å². The molecule has 44 heavy (non-hydrogen) atoms. The van der Waals surface area contributed by atoms with E-state index in [2.05, 4.69) is 14.6 Å². The number of ether oxygens (including phenoxy) is 4. The van der Waals surface area contributed by atoms with Gasteiger partial charge in [0.15, 0.2) is 17.2 Å². The summed E-state index contributed by atoms with van der Waals surface area (Å²) in [5, 5.41) is 3.08. The summed E-state index contributed by atoms with van der Waals surface area (Å²) in [6.45, 7) is 1.70. The van der Waals surface area contributed by atoms with Crippen molar-refractivity contribution in [3.8, 4) is 17.2 Å². The molecule has 9 nitrogen and oxygen atoms in total. The van der Waals surface area contributed by atoms with Crippen molar-refractivity contribution in [3.05, 3.63) is 64.4 Å². The van der Waals surface area contributed by atoms with Crippen LogP contribution >= 0.6 is 11.6 Å². The summed E-state index contributed by atoms with van der Waals surface area (Å²) in [5.41, 5.74) is -1.00. The van der Waals surface area contributed by atoms with E-state index in [0.717, 1.165) is 9.58 Å². The number of halogens is 6.